The first-order valence-electron chi connectivity index (χ1n) is 8.31. The molecule has 1 aromatic carbocycles. The van der Waals surface area contributed by atoms with Crippen molar-refractivity contribution in [3.63, 3.8) is 0 Å². The Labute approximate surface area is 187 Å². The number of rotatable bonds is 5. The number of carbonyl (C=O) groups is 2. The van der Waals surface area contributed by atoms with Crippen LogP contribution >= 0.6 is 24.8 Å². The van der Waals surface area contributed by atoms with E-state index in [1.165, 1.54) is 26.0 Å². The zero-order valence-electron chi connectivity index (χ0n) is 16.4. The van der Waals surface area contributed by atoms with Crippen molar-refractivity contribution in [2.24, 2.45) is 0 Å². The molecule has 1 heterocycles. The van der Waals surface area contributed by atoms with Crippen molar-refractivity contribution in [1.82, 2.24) is 5.32 Å². The fourth-order valence-electron chi connectivity index (χ4n) is 3.01. The summed E-state index contributed by atoms with van der Waals surface area (Å²) >= 11 is 0. The van der Waals surface area contributed by atoms with Crippen molar-refractivity contribution in [2.45, 2.75) is 25.9 Å². The van der Waals surface area contributed by atoms with Crippen LogP contribution in [0.3, 0.4) is 0 Å². The van der Waals surface area contributed by atoms with Crippen LogP contribution in [0.5, 0.6) is 0 Å². The van der Waals surface area contributed by atoms with E-state index in [1.807, 2.05) is 5.32 Å². The van der Waals surface area contributed by atoms with Gasteiger partial charge in [-0.2, -0.15) is 13.2 Å². The summed E-state index contributed by atoms with van der Waals surface area (Å²) in [6.07, 6.45) is -4.98. The Kier molecular flexibility index (Phi) is 10.0. The minimum absolute atomic E-state index is 0. The van der Waals surface area contributed by atoms with Crippen LogP contribution in [0.2, 0.25) is 0 Å². The van der Waals surface area contributed by atoms with Crippen LogP contribution in [0.25, 0.3) is 0 Å². The maximum Gasteiger partial charge on any atom is 0.431 e. The first-order valence-corrected chi connectivity index (χ1v) is 8.31. The summed E-state index contributed by atoms with van der Waals surface area (Å²) < 4.78 is 50.4. The van der Waals surface area contributed by atoms with Gasteiger partial charge in [0.25, 0.3) is 5.69 Å². The lowest BCUT2D eigenvalue weighted by atomic mass is 9.80. The van der Waals surface area contributed by atoms with E-state index in [0.717, 1.165) is 19.2 Å². The van der Waals surface area contributed by atoms with Crippen LogP contribution in [0.4, 0.5) is 18.9 Å². The lowest BCUT2D eigenvalue weighted by Crippen LogP contribution is -2.38. The van der Waals surface area contributed by atoms with Crippen LogP contribution in [-0.4, -0.2) is 36.8 Å². The van der Waals surface area contributed by atoms with E-state index in [1.54, 1.807) is 0 Å². The second-order valence-electron chi connectivity index (χ2n) is 5.95. The Morgan fingerprint density at radius 3 is 2.29 bits per heavy atom. The van der Waals surface area contributed by atoms with Crippen LogP contribution in [-0.2, 0) is 19.1 Å². The molecule has 1 aliphatic heterocycles. The van der Waals surface area contributed by atoms with E-state index in [4.69, 9.17) is 4.74 Å². The average molecular weight is 487 g/mol. The van der Waals surface area contributed by atoms with E-state index in [-0.39, 0.29) is 48.3 Å². The molecule has 172 valence electrons. The fourth-order valence-corrected chi connectivity index (χ4v) is 3.01. The van der Waals surface area contributed by atoms with Crippen molar-refractivity contribution in [3.8, 4) is 0 Å². The van der Waals surface area contributed by atoms with Crippen molar-refractivity contribution in [1.29, 1.82) is 0 Å². The van der Waals surface area contributed by atoms with Crippen molar-refractivity contribution in [3.05, 3.63) is 62.5 Å². The zero-order chi connectivity index (χ0) is 21.9. The third kappa shape index (κ3) is 5.88. The number of nitrogens with one attached hydrogen (secondary N) is 1. The molecule has 0 amide bonds. The van der Waals surface area contributed by atoms with Crippen molar-refractivity contribution in [2.75, 3.05) is 13.7 Å². The van der Waals surface area contributed by atoms with Gasteiger partial charge in [0.1, 0.15) is 5.70 Å². The molecule has 0 fully saturated rings. The Balaban J connectivity index is 0.00000450. The van der Waals surface area contributed by atoms with Crippen LogP contribution in [0.1, 0.15) is 25.3 Å². The molecule has 8 nitrogen and oxygen atoms in total. The molecule has 1 atom stereocenters. The van der Waals surface area contributed by atoms with Crippen molar-refractivity contribution >= 4 is 42.4 Å². The maximum absolute atomic E-state index is 13.7. The number of hydrogen-bond acceptors (Lipinski definition) is 7. The molecule has 1 aromatic rings. The van der Waals surface area contributed by atoms with Gasteiger partial charge in [-0.3, -0.25) is 10.1 Å². The van der Waals surface area contributed by atoms with Crippen LogP contribution in [0.15, 0.2) is 46.8 Å². The van der Waals surface area contributed by atoms with Gasteiger partial charge in [-0.1, -0.05) is 12.1 Å². The molecule has 1 aliphatic rings. The standard InChI is InChI=1S/C18H17F3N2O6.2ClH/c1-4-29-17(25)12-9(2)22-15(18(19,20)21)14(16(24)28-3)13(12)10-6-5-7-11(8-10)23(26)27;;/h5-8,13,22H,4H2,1-3H3;2*1H. The quantitative estimate of drug-likeness (QED) is 0.381. The second-order valence-corrected chi connectivity index (χ2v) is 5.95. The van der Waals surface area contributed by atoms with Gasteiger partial charge in [0.2, 0.25) is 0 Å². The number of halogens is 5. The van der Waals surface area contributed by atoms with Gasteiger partial charge < -0.3 is 14.8 Å². The summed E-state index contributed by atoms with van der Waals surface area (Å²) in [6, 6.07) is 4.67. The molecular weight excluding hydrogens is 468 g/mol. The largest absolute Gasteiger partial charge is 0.466 e. The number of carbonyl (C=O) groups excluding carboxylic acids is 2. The Hall–Kier alpha value is -2.79. The SMILES string of the molecule is CCOC(=O)C1=C(C)NC(C(F)(F)F)=C(C(=O)OC)C1c1cccc([N+](=O)[O-])c1.Cl.Cl. The predicted octanol–water partition coefficient (Wildman–Crippen LogP) is 3.95. The van der Waals surface area contributed by atoms with Gasteiger partial charge in [0.15, 0.2) is 0 Å². The summed E-state index contributed by atoms with van der Waals surface area (Å²) in [6.45, 7) is 2.65. The lowest BCUT2D eigenvalue weighted by molar-refractivity contribution is -0.384. The number of dihydropyridines is 1. The molecule has 13 heteroatoms. The summed E-state index contributed by atoms with van der Waals surface area (Å²) in [4.78, 5) is 35.2. The van der Waals surface area contributed by atoms with Gasteiger partial charge in [0, 0.05) is 17.8 Å². The molecule has 1 unspecified atom stereocenters. The van der Waals surface area contributed by atoms with E-state index >= 15 is 0 Å². The predicted molar refractivity (Wildman–Crippen MR) is 108 cm³/mol. The average Bonchev–Trinajstić information content (AvgIpc) is 2.65. The minimum Gasteiger partial charge on any atom is -0.466 e. The third-order valence-electron chi connectivity index (χ3n) is 4.16. The van der Waals surface area contributed by atoms with Gasteiger partial charge in [-0.25, -0.2) is 9.59 Å². The van der Waals surface area contributed by atoms with E-state index in [9.17, 15) is 32.9 Å². The first kappa shape index (κ1) is 28.2. The lowest BCUT2D eigenvalue weighted by Gasteiger charge is -2.31. The van der Waals surface area contributed by atoms with E-state index < -0.39 is 45.9 Å². The van der Waals surface area contributed by atoms with Crippen LogP contribution < -0.4 is 5.32 Å². The molecule has 0 spiro atoms. The molecule has 0 aliphatic carbocycles. The number of methoxy groups -OCH3 is 1. The monoisotopic (exact) mass is 486 g/mol. The summed E-state index contributed by atoms with van der Waals surface area (Å²) in [5.74, 6) is -3.88. The Morgan fingerprint density at radius 1 is 1.19 bits per heavy atom. The summed E-state index contributed by atoms with van der Waals surface area (Å²) in [7, 11) is 0.892. The smallest absolute Gasteiger partial charge is 0.431 e. The number of nitrogens with zero attached hydrogens (tertiary/aromatic N) is 1. The van der Waals surface area contributed by atoms with Gasteiger partial charge >= 0.3 is 18.1 Å². The number of nitro groups is 1. The van der Waals surface area contributed by atoms with Gasteiger partial charge in [-0.05, 0) is 19.4 Å². The van der Waals surface area contributed by atoms with E-state index in [0.29, 0.717) is 0 Å². The molecule has 0 saturated carbocycles. The number of hydrogen-bond donors (Lipinski definition) is 1. The van der Waals surface area contributed by atoms with Crippen molar-refractivity contribution < 1.29 is 37.2 Å². The highest BCUT2D eigenvalue weighted by molar-refractivity contribution is 6.00. The van der Waals surface area contributed by atoms with E-state index in [2.05, 4.69) is 4.74 Å². The topological polar surface area (TPSA) is 108 Å². The third-order valence-corrected chi connectivity index (χ3v) is 4.16. The number of non-ortho nitro benzene ring substituents is 1. The summed E-state index contributed by atoms with van der Waals surface area (Å²) in [5.41, 5.74) is -3.26. The van der Waals surface area contributed by atoms with Gasteiger partial charge in [-0.15, -0.1) is 24.8 Å². The number of benzene rings is 1. The number of esters is 2. The molecule has 0 aromatic heterocycles. The Morgan fingerprint density at radius 2 is 1.81 bits per heavy atom. The minimum atomic E-state index is -4.98. The summed E-state index contributed by atoms with van der Waals surface area (Å²) in [5, 5.41) is 13.2. The highest BCUT2D eigenvalue weighted by Gasteiger charge is 2.47. The Bertz CT molecular complexity index is 931. The second kappa shape index (κ2) is 11.0. The number of nitro benzene ring substituents is 1. The maximum atomic E-state index is 13.7. The highest BCUT2D eigenvalue weighted by atomic mass is 35.5. The molecule has 0 radical (unpaired) electrons. The number of ether oxygens (including phenoxy) is 2. The van der Waals surface area contributed by atoms with Gasteiger partial charge in [0.05, 0.1) is 35.7 Å². The molecule has 2 rings (SSSR count). The zero-order valence-corrected chi connectivity index (χ0v) is 18.1. The molecule has 0 bridgehead atoms. The molecular formula is C18H19Cl2F3N2O6. The molecule has 1 N–H and O–H groups in total. The first-order chi connectivity index (χ1) is 13.5. The highest BCUT2D eigenvalue weighted by Crippen LogP contribution is 2.43. The fraction of sp³-hybridized carbons (Fsp3) is 0.333. The molecule has 31 heavy (non-hydrogen) atoms. The normalized spacial score (nSPS) is 15.9. The van der Waals surface area contributed by atoms with Crippen LogP contribution in [0, 0.1) is 10.1 Å². The number of allylic oxidation sites excluding steroid dienone is 2. The molecule has 0 saturated heterocycles. The number of alkyl halides is 3.